The van der Waals surface area contributed by atoms with Crippen LogP contribution in [0.1, 0.15) is 10.4 Å². The molecule has 0 aliphatic heterocycles. The minimum absolute atomic E-state index is 0.0988. The molecule has 0 bridgehead atoms. The zero-order valence-electron chi connectivity index (χ0n) is 14.9. The summed E-state index contributed by atoms with van der Waals surface area (Å²) in [6.07, 6.45) is 1.64. The summed E-state index contributed by atoms with van der Waals surface area (Å²) in [5.41, 5.74) is 1.73. The Bertz CT molecular complexity index is 987. The van der Waals surface area contributed by atoms with Gasteiger partial charge in [0.25, 0.3) is 11.8 Å². The van der Waals surface area contributed by atoms with Crippen molar-refractivity contribution < 1.29 is 14.3 Å². The largest absolute Gasteiger partial charge is 0.481 e. The minimum atomic E-state index is -0.319. The predicted octanol–water partition coefficient (Wildman–Crippen LogP) is 3.61. The summed E-state index contributed by atoms with van der Waals surface area (Å²) >= 11 is 6.15. The quantitative estimate of drug-likeness (QED) is 0.730. The molecule has 0 aliphatic rings. The number of rotatable bonds is 5. The highest BCUT2D eigenvalue weighted by atomic mass is 35.5. The highest BCUT2D eigenvalue weighted by Gasteiger charge is 2.11. The van der Waals surface area contributed by atoms with Gasteiger partial charge in [-0.2, -0.15) is 0 Å². The summed E-state index contributed by atoms with van der Waals surface area (Å²) in [6, 6.07) is 13.7. The maximum atomic E-state index is 12.2. The Labute approximate surface area is 161 Å². The number of pyridine rings is 1. The minimum Gasteiger partial charge on any atom is -0.481 e. The number of halogens is 1. The average molecular weight is 384 g/mol. The molecule has 2 amide bonds. The topological polar surface area (TPSA) is 71.5 Å². The summed E-state index contributed by atoms with van der Waals surface area (Å²) in [4.78, 5) is 29.8. The van der Waals surface area contributed by atoms with E-state index in [9.17, 15) is 9.59 Å². The lowest BCUT2D eigenvalue weighted by Crippen LogP contribution is -2.22. The fourth-order valence-electron chi connectivity index (χ4n) is 2.52. The number of ether oxygens (including phenoxy) is 1. The average Bonchev–Trinajstić information content (AvgIpc) is 2.67. The van der Waals surface area contributed by atoms with Crippen LogP contribution in [0, 0.1) is 0 Å². The monoisotopic (exact) mass is 383 g/mol. The Morgan fingerprint density at radius 1 is 1.11 bits per heavy atom. The van der Waals surface area contributed by atoms with E-state index in [1.807, 2.05) is 6.07 Å². The maximum Gasteiger partial charge on any atom is 0.262 e. The first-order valence-electron chi connectivity index (χ1n) is 8.23. The third kappa shape index (κ3) is 4.35. The molecule has 1 heterocycles. The van der Waals surface area contributed by atoms with Crippen LogP contribution in [0.5, 0.6) is 5.75 Å². The molecule has 0 unspecified atom stereocenters. The van der Waals surface area contributed by atoms with Crippen LogP contribution < -0.4 is 10.1 Å². The van der Waals surface area contributed by atoms with Gasteiger partial charge in [0.15, 0.2) is 6.61 Å². The van der Waals surface area contributed by atoms with Crippen molar-refractivity contribution in [3.05, 3.63) is 65.3 Å². The Kier molecular flexibility index (Phi) is 5.57. The number of aromatic nitrogens is 1. The van der Waals surface area contributed by atoms with Crippen LogP contribution in [0.3, 0.4) is 0 Å². The molecule has 1 N–H and O–H groups in total. The number of nitrogens with zero attached hydrogens (tertiary/aromatic N) is 2. The molecule has 3 rings (SSSR count). The second-order valence-corrected chi connectivity index (χ2v) is 6.47. The van der Waals surface area contributed by atoms with Crippen molar-refractivity contribution in [2.75, 3.05) is 26.0 Å². The van der Waals surface area contributed by atoms with E-state index in [-0.39, 0.29) is 18.4 Å². The standard InChI is InChI=1S/C20H18ClN3O3/c1-24(2)20(26)13-5-7-14(8-6-13)23-18(25)12-27-17-10-9-16(21)15-4-3-11-22-19(15)17/h3-11H,12H2,1-2H3,(H,23,25). The number of amides is 2. The van der Waals surface area contributed by atoms with E-state index in [2.05, 4.69) is 10.3 Å². The number of benzene rings is 2. The Morgan fingerprint density at radius 3 is 2.56 bits per heavy atom. The van der Waals surface area contributed by atoms with E-state index in [0.717, 1.165) is 5.39 Å². The molecule has 0 saturated carbocycles. The number of carbonyl (C=O) groups is 2. The lowest BCUT2D eigenvalue weighted by molar-refractivity contribution is -0.118. The van der Waals surface area contributed by atoms with Crippen molar-refractivity contribution >= 4 is 40.0 Å². The Hall–Kier alpha value is -3.12. The van der Waals surface area contributed by atoms with Crippen molar-refractivity contribution in [3.8, 4) is 5.75 Å². The second-order valence-electron chi connectivity index (χ2n) is 6.06. The number of fused-ring (bicyclic) bond motifs is 1. The highest BCUT2D eigenvalue weighted by molar-refractivity contribution is 6.35. The van der Waals surface area contributed by atoms with Crippen LogP contribution in [0.15, 0.2) is 54.7 Å². The van der Waals surface area contributed by atoms with Gasteiger partial charge in [-0.1, -0.05) is 11.6 Å². The fourth-order valence-corrected chi connectivity index (χ4v) is 2.74. The second kappa shape index (κ2) is 8.05. The summed E-state index contributed by atoms with van der Waals surface area (Å²) in [5, 5.41) is 4.07. The smallest absolute Gasteiger partial charge is 0.262 e. The highest BCUT2D eigenvalue weighted by Crippen LogP contribution is 2.29. The van der Waals surface area contributed by atoms with Crippen molar-refractivity contribution in [3.63, 3.8) is 0 Å². The number of hydrogen-bond acceptors (Lipinski definition) is 4. The van der Waals surface area contributed by atoms with E-state index < -0.39 is 0 Å². The van der Waals surface area contributed by atoms with Crippen molar-refractivity contribution in [2.24, 2.45) is 0 Å². The first kappa shape index (κ1) is 18.7. The zero-order valence-corrected chi connectivity index (χ0v) is 15.7. The van der Waals surface area contributed by atoms with E-state index >= 15 is 0 Å². The van der Waals surface area contributed by atoms with Gasteiger partial charge in [-0.15, -0.1) is 0 Å². The molecule has 0 radical (unpaired) electrons. The molecule has 138 valence electrons. The van der Waals surface area contributed by atoms with Crippen molar-refractivity contribution in [1.29, 1.82) is 0 Å². The molecule has 1 aromatic heterocycles. The molecule has 0 fully saturated rings. The lowest BCUT2D eigenvalue weighted by atomic mass is 10.2. The number of anilines is 1. The van der Waals surface area contributed by atoms with Crippen LogP contribution >= 0.6 is 11.6 Å². The molecular formula is C20H18ClN3O3. The molecule has 7 heteroatoms. The van der Waals surface area contributed by atoms with Crippen LogP contribution in [0.4, 0.5) is 5.69 Å². The maximum absolute atomic E-state index is 12.2. The summed E-state index contributed by atoms with van der Waals surface area (Å²) < 4.78 is 5.61. The summed E-state index contributed by atoms with van der Waals surface area (Å²) in [6.45, 7) is -0.175. The van der Waals surface area contributed by atoms with Crippen LogP contribution in [-0.2, 0) is 4.79 Å². The third-order valence-electron chi connectivity index (χ3n) is 3.86. The van der Waals surface area contributed by atoms with Crippen molar-refractivity contribution in [1.82, 2.24) is 9.88 Å². The third-order valence-corrected chi connectivity index (χ3v) is 4.19. The molecule has 0 atom stereocenters. The van der Waals surface area contributed by atoms with Crippen molar-refractivity contribution in [2.45, 2.75) is 0 Å². The van der Waals surface area contributed by atoms with Gasteiger partial charge in [-0.3, -0.25) is 14.6 Å². The predicted molar refractivity (Wildman–Crippen MR) is 105 cm³/mol. The first-order chi connectivity index (χ1) is 13.0. The number of hydrogen-bond donors (Lipinski definition) is 1. The van der Waals surface area contributed by atoms with E-state index in [1.165, 1.54) is 4.90 Å². The van der Waals surface area contributed by atoms with Crippen LogP contribution in [0.25, 0.3) is 10.9 Å². The van der Waals surface area contributed by atoms with E-state index in [4.69, 9.17) is 16.3 Å². The molecule has 6 nitrogen and oxygen atoms in total. The lowest BCUT2D eigenvalue weighted by Gasteiger charge is -2.12. The van der Waals surface area contributed by atoms with Crippen LogP contribution in [-0.4, -0.2) is 42.4 Å². The zero-order chi connectivity index (χ0) is 19.4. The fraction of sp³-hybridized carbons (Fsp3) is 0.150. The van der Waals surface area contributed by atoms with Gasteiger partial charge < -0.3 is 15.0 Å². The molecule has 0 aliphatic carbocycles. The molecule has 3 aromatic rings. The SMILES string of the molecule is CN(C)C(=O)c1ccc(NC(=O)COc2ccc(Cl)c3cccnc23)cc1. The molecule has 2 aromatic carbocycles. The van der Waals surface area contributed by atoms with Gasteiger partial charge in [0.2, 0.25) is 0 Å². The first-order valence-corrected chi connectivity index (χ1v) is 8.61. The molecule has 0 spiro atoms. The van der Waals surface area contributed by atoms with Gasteiger partial charge in [-0.25, -0.2) is 0 Å². The van der Waals surface area contributed by atoms with Gasteiger partial charge in [0.1, 0.15) is 11.3 Å². The molecule has 0 saturated heterocycles. The van der Waals surface area contributed by atoms with Gasteiger partial charge >= 0.3 is 0 Å². The van der Waals surface area contributed by atoms with Gasteiger partial charge in [0.05, 0.1) is 5.02 Å². The normalized spacial score (nSPS) is 10.5. The van der Waals surface area contributed by atoms with E-state index in [0.29, 0.717) is 27.5 Å². The number of carbonyl (C=O) groups excluding carboxylic acids is 2. The van der Waals surface area contributed by atoms with Gasteiger partial charge in [-0.05, 0) is 48.5 Å². The van der Waals surface area contributed by atoms with Gasteiger partial charge in [0, 0.05) is 36.9 Å². The summed E-state index contributed by atoms with van der Waals surface area (Å²) in [7, 11) is 3.37. The molecular weight excluding hydrogens is 366 g/mol. The Morgan fingerprint density at radius 2 is 1.85 bits per heavy atom. The van der Waals surface area contributed by atoms with E-state index in [1.54, 1.807) is 62.8 Å². The molecule has 27 heavy (non-hydrogen) atoms. The summed E-state index contributed by atoms with van der Waals surface area (Å²) in [5.74, 6) is 0.0659. The van der Waals surface area contributed by atoms with Crippen LogP contribution in [0.2, 0.25) is 5.02 Å². The number of nitrogens with one attached hydrogen (secondary N) is 1. The Balaban J connectivity index is 1.64.